The molecule has 3 rings (SSSR count). The largest absolute Gasteiger partial charge is 0.493 e. The lowest BCUT2D eigenvalue weighted by atomic mass is 9.76. The van der Waals surface area contributed by atoms with Gasteiger partial charge in [0.05, 0.1) is 28.4 Å². The summed E-state index contributed by atoms with van der Waals surface area (Å²) in [7, 11) is 10.9. The zero-order valence-electron chi connectivity index (χ0n) is 18.0. The van der Waals surface area contributed by atoms with Crippen LogP contribution in [0.5, 0.6) is 23.0 Å². The van der Waals surface area contributed by atoms with E-state index in [1.54, 1.807) is 28.4 Å². The summed E-state index contributed by atoms with van der Waals surface area (Å²) in [6.07, 6.45) is 1.91. The minimum atomic E-state index is 0.373. The third kappa shape index (κ3) is 3.51. The van der Waals surface area contributed by atoms with Gasteiger partial charge in [0.1, 0.15) is 0 Å². The van der Waals surface area contributed by atoms with Gasteiger partial charge in [-0.25, -0.2) is 0 Å². The number of fused-ring (bicyclic) bond motifs is 3. The Morgan fingerprint density at radius 2 is 1.54 bits per heavy atom. The second-order valence-electron chi connectivity index (χ2n) is 7.58. The van der Waals surface area contributed by atoms with Crippen molar-refractivity contribution >= 4 is 0 Å². The van der Waals surface area contributed by atoms with E-state index in [0.29, 0.717) is 5.92 Å². The molecule has 0 N–H and O–H groups in total. The minimum absolute atomic E-state index is 0.373. The summed E-state index contributed by atoms with van der Waals surface area (Å²) in [4.78, 5) is 2.21. The van der Waals surface area contributed by atoms with E-state index < -0.39 is 0 Å². The van der Waals surface area contributed by atoms with Gasteiger partial charge < -0.3 is 23.8 Å². The van der Waals surface area contributed by atoms with E-state index in [0.717, 1.165) is 53.5 Å². The molecular weight excluding hydrogens is 354 g/mol. The van der Waals surface area contributed by atoms with Gasteiger partial charge in [0.2, 0.25) is 0 Å². The molecule has 1 aliphatic rings. The molecule has 0 heterocycles. The van der Waals surface area contributed by atoms with Crippen LogP contribution >= 0.6 is 0 Å². The van der Waals surface area contributed by atoms with Crippen LogP contribution < -0.4 is 18.9 Å². The quantitative estimate of drug-likeness (QED) is 0.716. The first-order chi connectivity index (χ1) is 13.4. The average molecular weight is 386 g/mol. The van der Waals surface area contributed by atoms with Crippen molar-refractivity contribution < 1.29 is 18.9 Å². The first-order valence-corrected chi connectivity index (χ1v) is 9.62. The third-order valence-corrected chi connectivity index (χ3v) is 5.52. The number of hydrogen-bond donors (Lipinski definition) is 0. The monoisotopic (exact) mass is 385 g/mol. The molecule has 1 atom stereocenters. The first-order valence-electron chi connectivity index (χ1n) is 9.62. The number of rotatable bonds is 7. The van der Waals surface area contributed by atoms with E-state index in [9.17, 15) is 0 Å². The van der Waals surface area contributed by atoms with Crippen molar-refractivity contribution in [3.63, 3.8) is 0 Å². The van der Waals surface area contributed by atoms with E-state index in [2.05, 4.69) is 44.1 Å². The van der Waals surface area contributed by atoms with Crippen LogP contribution in [-0.4, -0.2) is 54.0 Å². The molecule has 152 valence electrons. The van der Waals surface area contributed by atoms with Gasteiger partial charge in [0.15, 0.2) is 23.0 Å². The highest BCUT2D eigenvalue weighted by Crippen LogP contribution is 2.52. The van der Waals surface area contributed by atoms with Crippen LogP contribution in [0.25, 0.3) is 11.1 Å². The average Bonchev–Trinajstić information content (AvgIpc) is 2.70. The van der Waals surface area contributed by atoms with Crippen molar-refractivity contribution in [1.82, 2.24) is 4.90 Å². The first kappa shape index (κ1) is 20.3. The second kappa shape index (κ2) is 8.31. The summed E-state index contributed by atoms with van der Waals surface area (Å²) in [6.45, 7) is 3.26. The van der Waals surface area contributed by atoms with Gasteiger partial charge in [-0.3, -0.25) is 0 Å². The van der Waals surface area contributed by atoms with Crippen LogP contribution in [0.4, 0.5) is 0 Å². The minimum Gasteiger partial charge on any atom is -0.493 e. The van der Waals surface area contributed by atoms with E-state index in [1.807, 2.05) is 0 Å². The van der Waals surface area contributed by atoms with E-state index in [-0.39, 0.29) is 0 Å². The van der Waals surface area contributed by atoms with Gasteiger partial charge in [0, 0.05) is 12.1 Å². The summed E-state index contributed by atoms with van der Waals surface area (Å²) in [6, 6.07) is 6.30. The Bertz CT molecular complexity index is 860. The fourth-order valence-corrected chi connectivity index (χ4v) is 4.20. The van der Waals surface area contributed by atoms with Crippen LogP contribution in [-0.2, 0) is 12.8 Å². The fourth-order valence-electron chi connectivity index (χ4n) is 4.20. The van der Waals surface area contributed by atoms with Crippen LogP contribution in [0.15, 0.2) is 18.2 Å². The van der Waals surface area contributed by atoms with Gasteiger partial charge in [-0.15, -0.1) is 0 Å². The molecule has 0 amide bonds. The van der Waals surface area contributed by atoms with Crippen molar-refractivity contribution in [3.05, 3.63) is 34.9 Å². The van der Waals surface area contributed by atoms with Crippen LogP contribution in [0.2, 0.25) is 0 Å². The zero-order chi connectivity index (χ0) is 20.4. The predicted molar refractivity (Wildman–Crippen MR) is 112 cm³/mol. The van der Waals surface area contributed by atoms with Gasteiger partial charge in [-0.2, -0.15) is 0 Å². The molecule has 0 radical (unpaired) electrons. The fraction of sp³-hybridized carbons (Fsp3) is 0.478. The third-order valence-electron chi connectivity index (χ3n) is 5.52. The van der Waals surface area contributed by atoms with Crippen molar-refractivity contribution in [3.8, 4) is 34.1 Å². The lowest BCUT2D eigenvalue weighted by Crippen LogP contribution is -2.19. The topological polar surface area (TPSA) is 40.2 Å². The molecular formula is C23H31NO4. The highest BCUT2D eigenvalue weighted by atomic mass is 16.5. The van der Waals surface area contributed by atoms with E-state index in [4.69, 9.17) is 18.9 Å². The maximum absolute atomic E-state index is 5.84. The predicted octanol–water partition coefficient (Wildman–Crippen LogP) is 4.15. The van der Waals surface area contributed by atoms with Crippen molar-refractivity contribution in [2.75, 3.05) is 49.1 Å². The lowest BCUT2D eigenvalue weighted by molar-refractivity contribution is 0.352. The zero-order valence-corrected chi connectivity index (χ0v) is 18.0. The Labute approximate surface area is 168 Å². The maximum Gasteiger partial charge on any atom is 0.168 e. The van der Waals surface area contributed by atoms with Gasteiger partial charge >= 0.3 is 0 Å². The molecule has 1 aliphatic carbocycles. The summed E-state index contributed by atoms with van der Waals surface area (Å²) in [5.41, 5.74) is 6.15. The number of hydrogen-bond acceptors (Lipinski definition) is 5. The highest BCUT2D eigenvalue weighted by molar-refractivity contribution is 5.84. The molecule has 0 spiro atoms. The molecule has 0 fully saturated rings. The molecule has 2 aromatic carbocycles. The molecule has 0 unspecified atom stereocenters. The van der Waals surface area contributed by atoms with E-state index >= 15 is 0 Å². The second-order valence-corrected chi connectivity index (χ2v) is 7.58. The molecule has 0 saturated heterocycles. The van der Waals surface area contributed by atoms with Crippen LogP contribution in [0, 0.1) is 0 Å². The molecule has 2 aromatic rings. The van der Waals surface area contributed by atoms with Crippen molar-refractivity contribution in [1.29, 1.82) is 0 Å². The van der Waals surface area contributed by atoms with Crippen molar-refractivity contribution in [2.45, 2.75) is 25.7 Å². The normalized spacial score (nSPS) is 15.1. The Kier molecular flexibility index (Phi) is 6.04. The standard InChI is InChI=1S/C23H31NO4/c1-14-10-16-12-18(25-4)19(26-5)13-17(16)22-21(14)15(8-9-24(2)3)11-20(27-6)23(22)28-7/h11-14H,8-10H2,1-7H3/t14-/m1/s1. The number of likely N-dealkylation sites (N-methyl/N-ethyl adjacent to an activating group) is 1. The Morgan fingerprint density at radius 3 is 2.11 bits per heavy atom. The Morgan fingerprint density at radius 1 is 0.893 bits per heavy atom. The number of ether oxygens (including phenoxy) is 4. The smallest absolute Gasteiger partial charge is 0.168 e. The number of nitrogens with zero attached hydrogens (tertiary/aromatic N) is 1. The highest BCUT2D eigenvalue weighted by Gasteiger charge is 2.31. The molecule has 5 heteroatoms. The van der Waals surface area contributed by atoms with Gasteiger partial charge in [-0.1, -0.05) is 6.92 Å². The number of methoxy groups -OCH3 is 4. The van der Waals surface area contributed by atoms with E-state index in [1.165, 1.54) is 16.7 Å². The summed E-state index contributed by atoms with van der Waals surface area (Å²) in [5.74, 6) is 3.40. The summed E-state index contributed by atoms with van der Waals surface area (Å²) < 4.78 is 22.7. The Hall–Kier alpha value is -2.40. The lowest BCUT2D eigenvalue weighted by Gasteiger charge is -2.31. The summed E-state index contributed by atoms with van der Waals surface area (Å²) >= 11 is 0. The number of benzene rings is 2. The molecule has 0 aliphatic heterocycles. The van der Waals surface area contributed by atoms with Crippen LogP contribution in [0.1, 0.15) is 29.5 Å². The van der Waals surface area contributed by atoms with Gasteiger partial charge in [0.25, 0.3) is 0 Å². The van der Waals surface area contributed by atoms with Crippen LogP contribution in [0.3, 0.4) is 0 Å². The molecule has 0 aromatic heterocycles. The molecule has 0 saturated carbocycles. The molecule has 5 nitrogen and oxygen atoms in total. The maximum atomic E-state index is 5.84. The van der Waals surface area contributed by atoms with Crippen molar-refractivity contribution in [2.24, 2.45) is 0 Å². The Balaban J connectivity index is 2.30. The SMILES string of the molecule is COc1cc2c(cc1OC)-c1c(OC)c(OC)cc(CCN(C)C)c1[C@H](C)C2. The summed E-state index contributed by atoms with van der Waals surface area (Å²) in [5, 5.41) is 0. The molecule has 0 bridgehead atoms. The molecule has 28 heavy (non-hydrogen) atoms. The van der Waals surface area contributed by atoms with Gasteiger partial charge in [-0.05, 0) is 73.3 Å².